The molecule has 2 atom stereocenters. The van der Waals surface area contributed by atoms with Crippen LogP contribution in [-0.2, 0) is 0 Å². The summed E-state index contributed by atoms with van der Waals surface area (Å²) in [4.78, 5) is 12.7. The normalized spacial score (nSPS) is 18.4. The minimum atomic E-state index is 0.256. The summed E-state index contributed by atoms with van der Waals surface area (Å²) in [6, 6.07) is 27.0. The lowest BCUT2D eigenvalue weighted by Gasteiger charge is -2.34. The molecule has 0 saturated heterocycles. The molecule has 3 aromatic carbocycles. The van der Waals surface area contributed by atoms with Crippen LogP contribution in [0.5, 0.6) is 5.75 Å². The second kappa shape index (κ2) is 8.45. The highest BCUT2D eigenvalue weighted by molar-refractivity contribution is 7.99. The Morgan fingerprint density at radius 2 is 1.67 bits per heavy atom. The van der Waals surface area contributed by atoms with E-state index in [0.717, 1.165) is 29.8 Å². The maximum atomic E-state index is 11.4. The zero-order valence-corrected chi connectivity index (χ0v) is 15.9. The second-order valence-electron chi connectivity index (χ2n) is 6.79. The van der Waals surface area contributed by atoms with Crippen LogP contribution in [0.4, 0.5) is 0 Å². The van der Waals surface area contributed by atoms with Crippen molar-refractivity contribution in [3.8, 4) is 5.75 Å². The molecule has 0 unspecified atom stereocenters. The Kier molecular flexibility index (Phi) is 5.59. The number of benzene rings is 3. The smallest absolute Gasteiger partial charge is 0.153 e. The van der Waals surface area contributed by atoms with Crippen molar-refractivity contribution in [3.63, 3.8) is 0 Å². The summed E-state index contributed by atoms with van der Waals surface area (Å²) in [7, 11) is 0. The minimum absolute atomic E-state index is 0.256. The summed E-state index contributed by atoms with van der Waals surface area (Å²) in [5, 5.41) is 0. The SMILES string of the molecule is O=Cc1cccc2c1OC[C@@H](CCSc1ccccc1)[C@@H]2c1ccccc1. The highest BCUT2D eigenvalue weighted by atomic mass is 32.2. The fourth-order valence-electron chi connectivity index (χ4n) is 3.83. The molecule has 0 aromatic heterocycles. The van der Waals surface area contributed by atoms with Crippen LogP contribution in [-0.4, -0.2) is 18.6 Å². The topological polar surface area (TPSA) is 26.3 Å². The van der Waals surface area contributed by atoms with E-state index in [1.165, 1.54) is 10.5 Å². The molecule has 1 aliphatic rings. The van der Waals surface area contributed by atoms with Crippen molar-refractivity contribution in [2.75, 3.05) is 12.4 Å². The van der Waals surface area contributed by atoms with Crippen molar-refractivity contribution in [1.29, 1.82) is 0 Å². The molecule has 1 heterocycles. The number of fused-ring (bicyclic) bond motifs is 1. The van der Waals surface area contributed by atoms with Crippen LogP contribution in [0.1, 0.15) is 33.8 Å². The third kappa shape index (κ3) is 3.93. The Bertz CT molecular complexity index is 893. The molecule has 136 valence electrons. The van der Waals surface area contributed by atoms with Crippen LogP contribution >= 0.6 is 11.8 Å². The lowest BCUT2D eigenvalue weighted by Crippen LogP contribution is -2.28. The summed E-state index contributed by atoms with van der Waals surface area (Å²) < 4.78 is 6.07. The summed E-state index contributed by atoms with van der Waals surface area (Å²) in [6.45, 7) is 0.646. The first-order chi connectivity index (χ1) is 13.4. The van der Waals surface area contributed by atoms with Crippen molar-refractivity contribution in [2.45, 2.75) is 17.2 Å². The van der Waals surface area contributed by atoms with E-state index in [1.807, 2.05) is 36.0 Å². The maximum absolute atomic E-state index is 11.4. The van der Waals surface area contributed by atoms with Gasteiger partial charge in [0.05, 0.1) is 12.2 Å². The number of aldehydes is 1. The van der Waals surface area contributed by atoms with Crippen LogP contribution in [0.3, 0.4) is 0 Å². The largest absolute Gasteiger partial charge is 0.492 e. The predicted molar refractivity (Wildman–Crippen MR) is 111 cm³/mol. The van der Waals surface area contributed by atoms with Gasteiger partial charge in [0.1, 0.15) is 5.75 Å². The number of ether oxygens (including phenoxy) is 1. The van der Waals surface area contributed by atoms with E-state index in [-0.39, 0.29) is 5.92 Å². The van der Waals surface area contributed by atoms with Gasteiger partial charge in [-0.25, -0.2) is 0 Å². The van der Waals surface area contributed by atoms with Crippen LogP contribution in [0.2, 0.25) is 0 Å². The number of para-hydroxylation sites is 1. The van der Waals surface area contributed by atoms with Gasteiger partial charge in [0.15, 0.2) is 6.29 Å². The minimum Gasteiger partial charge on any atom is -0.492 e. The Labute approximate surface area is 164 Å². The predicted octanol–water partition coefficient (Wildman–Crippen LogP) is 5.82. The van der Waals surface area contributed by atoms with Gasteiger partial charge >= 0.3 is 0 Å². The van der Waals surface area contributed by atoms with E-state index in [9.17, 15) is 4.79 Å². The van der Waals surface area contributed by atoms with Crippen molar-refractivity contribution in [3.05, 3.63) is 95.6 Å². The molecular weight excluding hydrogens is 352 g/mol. The summed E-state index contributed by atoms with van der Waals surface area (Å²) in [6.07, 6.45) is 1.95. The molecule has 3 heteroatoms. The van der Waals surface area contributed by atoms with Gasteiger partial charge in [-0.3, -0.25) is 4.79 Å². The Hall–Kier alpha value is -2.52. The summed E-state index contributed by atoms with van der Waals surface area (Å²) >= 11 is 1.89. The number of thioether (sulfide) groups is 1. The first kappa shape index (κ1) is 17.9. The molecule has 0 radical (unpaired) electrons. The fraction of sp³-hybridized carbons (Fsp3) is 0.208. The van der Waals surface area contributed by atoms with E-state index in [2.05, 4.69) is 54.6 Å². The van der Waals surface area contributed by atoms with Crippen LogP contribution in [0.25, 0.3) is 0 Å². The van der Waals surface area contributed by atoms with Crippen molar-refractivity contribution < 1.29 is 9.53 Å². The average Bonchev–Trinajstić information content (AvgIpc) is 2.74. The molecule has 0 fully saturated rings. The van der Waals surface area contributed by atoms with Gasteiger partial charge in [0.25, 0.3) is 0 Å². The lowest BCUT2D eigenvalue weighted by molar-refractivity contribution is 0.111. The van der Waals surface area contributed by atoms with Crippen molar-refractivity contribution >= 4 is 18.0 Å². The zero-order chi connectivity index (χ0) is 18.5. The summed E-state index contributed by atoms with van der Waals surface area (Å²) in [5.74, 6) is 2.45. The maximum Gasteiger partial charge on any atom is 0.153 e. The van der Waals surface area contributed by atoms with Gasteiger partial charge in [-0.1, -0.05) is 60.7 Å². The van der Waals surface area contributed by atoms with Gasteiger partial charge in [-0.15, -0.1) is 11.8 Å². The van der Waals surface area contributed by atoms with Gasteiger partial charge in [-0.2, -0.15) is 0 Å². The Balaban J connectivity index is 1.60. The Morgan fingerprint density at radius 1 is 0.926 bits per heavy atom. The van der Waals surface area contributed by atoms with Crippen LogP contribution < -0.4 is 4.74 Å². The molecule has 0 saturated carbocycles. The molecule has 27 heavy (non-hydrogen) atoms. The first-order valence-corrected chi connectivity index (χ1v) is 10.3. The lowest BCUT2D eigenvalue weighted by atomic mass is 9.77. The molecule has 0 amide bonds. The van der Waals surface area contributed by atoms with Gasteiger partial charge in [0.2, 0.25) is 0 Å². The third-order valence-electron chi connectivity index (χ3n) is 5.11. The van der Waals surface area contributed by atoms with E-state index in [4.69, 9.17) is 4.74 Å². The highest BCUT2D eigenvalue weighted by Gasteiger charge is 2.33. The first-order valence-electron chi connectivity index (χ1n) is 9.30. The molecule has 4 rings (SSSR count). The summed E-state index contributed by atoms with van der Waals surface area (Å²) in [5.41, 5.74) is 3.07. The molecule has 0 aliphatic carbocycles. The van der Waals surface area contributed by atoms with Gasteiger partial charge < -0.3 is 4.74 Å². The molecule has 2 nitrogen and oxygen atoms in total. The van der Waals surface area contributed by atoms with E-state index < -0.39 is 0 Å². The van der Waals surface area contributed by atoms with Crippen molar-refractivity contribution in [1.82, 2.24) is 0 Å². The molecule has 1 aliphatic heterocycles. The number of hydrogen-bond acceptors (Lipinski definition) is 3. The monoisotopic (exact) mass is 374 g/mol. The molecule has 0 spiro atoms. The molecule has 3 aromatic rings. The van der Waals surface area contributed by atoms with Gasteiger partial charge in [0, 0.05) is 22.3 Å². The number of carbonyl (C=O) groups is 1. The number of rotatable bonds is 6. The molecule has 0 N–H and O–H groups in total. The fourth-order valence-corrected chi connectivity index (χ4v) is 4.83. The second-order valence-corrected chi connectivity index (χ2v) is 7.96. The Morgan fingerprint density at radius 3 is 2.41 bits per heavy atom. The quantitative estimate of drug-likeness (QED) is 0.401. The number of carbonyl (C=O) groups excluding carboxylic acids is 1. The van der Waals surface area contributed by atoms with Gasteiger partial charge in [-0.05, 0) is 35.9 Å². The van der Waals surface area contributed by atoms with Crippen molar-refractivity contribution in [2.24, 2.45) is 5.92 Å². The van der Waals surface area contributed by atoms with Crippen LogP contribution in [0, 0.1) is 5.92 Å². The van der Waals surface area contributed by atoms with E-state index in [1.54, 1.807) is 0 Å². The average molecular weight is 375 g/mol. The highest BCUT2D eigenvalue weighted by Crippen LogP contribution is 2.44. The zero-order valence-electron chi connectivity index (χ0n) is 15.1. The van der Waals surface area contributed by atoms with E-state index in [0.29, 0.717) is 18.1 Å². The molecule has 0 bridgehead atoms. The molecular formula is C24H22O2S. The number of hydrogen-bond donors (Lipinski definition) is 0. The third-order valence-corrected chi connectivity index (χ3v) is 6.16. The van der Waals surface area contributed by atoms with Crippen LogP contribution in [0.15, 0.2) is 83.8 Å². The van der Waals surface area contributed by atoms with E-state index >= 15 is 0 Å². The standard InChI is InChI=1S/C24H22O2S/c25-16-19-10-7-13-22-23(18-8-3-1-4-9-18)20(17-26-24(19)22)14-15-27-21-11-5-2-6-12-21/h1-13,16,20,23H,14-15,17H2/t20-,23+/m1/s1.